The fourth-order valence-corrected chi connectivity index (χ4v) is 10.1. The van der Waals surface area contributed by atoms with Crippen LogP contribution < -0.4 is 5.32 Å². The van der Waals surface area contributed by atoms with E-state index >= 15 is 0 Å². The first-order chi connectivity index (χ1) is 23.0. The zero-order valence-electron chi connectivity index (χ0n) is 25.9. The number of carbonyl (C=O) groups is 2. The molecular weight excluding hydrogens is 665 g/mol. The number of benzene rings is 4. The number of ether oxygens (including phenoxy) is 2. The fraction of sp³-hybridized carbons (Fsp3) is 0.216. The number of hydrogen-bond donors (Lipinski definition) is 1. The summed E-state index contributed by atoms with van der Waals surface area (Å²) in [5.41, 5.74) is 3.10. The van der Waals surface area contributed by atoms with Crippen molar-refractivity contribution in [3.8, 4) is 11.1 Å². The number of nitrogens with one attached hydrogen (secondary N) is 1. The summed E-state index contributed by atoms with van der Waals surface area (Å²) in [6.45, 7) is 5.98. The summed E-state index contributed by atoms with van der Waals surface area (Å²) in [6, 6.07) is 32.0. The van der Waals surface area contributed by atoms with Crippen LogP contribution in [0, 0.1) is 5.41 Å². The van der Waals surface area contributed by atoms with E-state index in [0.29, 0.717) is 0 Å². The number of amides is 1. The van der Waals surface area contributed by atoms with Gasteiger partial charge in [0.1, 0.15) is 13.2 Å². The second-order valence-electron chi connectivity index (χ2n) is 11.1. The summed E-state index contributed by atoms with van der Waals surface area (Å²) < 4.78 is 15.5. The highest BCUT2D eigenvalue weighted by atomic mass is 32.2. The first-order valence-electron chi connectivity index (χ1n) is 15.3. The second kappa shape index (κ2) is 15.4. The van der Waals surface area contributed by atoms with Crippen molar-refractivity contribution >= 4 is 88.6 Å². The number of thiazole rings is 1. The van der Waals surface area contributed by atoms with Crippen molar-refractivity contribution in [1.29, 1.82) is 0 Å². The number of thioether (sulfide) groups is 2. The molecule has 0 fully saturated rings. The molecule has 0 aliphatic rings. The third kappa shape index (κ3) is 8.01. The van der Waals surface area contributed by atoms with Gasteiger partial charge in [0, 0.05) is 48.1 Å². The lowest BCUT2D eigenvalue weighted by Crippen LogP contribution is -2.36. The van der Waals surface area contributed by atoms with E-state index in [0.717, 1.165) is 43.5 Å². The van der Waals surface area contributed by atoms with Gasteiger partial charge in [-0.3, -0.25) is 0 Å². The normalized spacial score (nSPS) is 12.6. The van der Waals surface area contributed by atoms with E-state index in [1.165, 1.54) is 31.3 Å². The fourth-order valence-electron chi connectivity index (χ4n) is 5.16. The van der Waals surface area contributed by atoms with E-state index in [2.05, 4.69) is 91.6 Å². The quantitative estimate of drug-likeness (QED) is 0.0525. The van der Waals surface area contributed by atoms with Crippen LogP contribution in [0.3, 0.4) is 0 Å². The van der Waals surface area contributed by atoms with Gasteiger partial charge < -0.3 is 14.8 Å². The molecular formula is C37H34N2O4S4. The zero-order chi connectivity index (χ0) is 32.6. The smallest absolute Gasteiger partial charge is 0.407 e. The molecule has 10 heteroatoms. The van der Waals surface area contributed by atoms with Crippen molar-refractivity contribution in [2.24, 2.45) is 5.41 Å². The van der Waals surface area contributed by atoms with Crippen molar-refractivity contribution in [2.75, 3.05) is 31.3 Å². The van der Waals surface area contributed by atoms with Crippen LogP contribution >= 0.6 is 46.2 Å². The zero-order valence-corrected chi connectivity index (χ0v) is 29.2. The van der Waals surface area contributed by atoms with Crippen LogP contribution in [-0.4, -0.2) is 48.3 Å². The molecule has 0 radical (unpaired) electrons. The van der Waals surface area contributed by atoms with Crippen LogP contribution in [0.15, 0.2) is 113 Å². The number of hydrogen-bond acceptors (Lipinski definition) is 9. The lowest BCUT2D eigenvalue weighted by molar-refractivity contribution is -0.137. The average Bonchev–Trinajstić information content (AvgIpc) is 3.71. The van der Waals surface area contributed by atoms with Gasteiger partial charge in [0.15, 0.2) is 4.34 Å². The van der Waals surface area contributed by atoms with Gasteiger partial charge in [0.2, 0.25) is 0 Å². The maximum absolute atomic E-state index is 12.6. The summed E-state index contributed by atoms with van der Waals surface area (Å²) in [5.74, 6) is 0.961. The first-order valence-corrected chi connectivity index (χ1v) is 18.9. The number of rotatable bonds is 14. The summed E-state index contributed by atoms with van der Waals surface area (Å²) in [4.78, 5) is 29.9. The van der Waals surface area contributed by atoms with Crippen molar-refractivity contribution in [2.45, 2.75) is 22.6 Å². The van der Waals surface area contributed by atoms with Crippen LogP contribution in [0.4, 0.5) is 4.79 Å². The Balaban J connectivity index is 1.19. The van der Waals surface area contributed by atoms with E-state index < -0.39 is 12.1 Å². The molecule has 1 unspecified atom stereocenters. The lowest BCUT2D eigenvalue weighted by atomic mass is 9.91. The average molecular weight is 699 g/mol. The molecule has 0 spiro atoms. The van der Waals surface area contributed by atoms with Gasteiger partial charge in [-0.05, 0) is 47.9 Å². The largest absolute Gasteiger partial charge is 0.461 e. The summed E-state index contributed by atoms with van der Waals surface area (Å²) in [5, 5.41) is 5.25. The second-order valence-corrected chi connectivity index (χ2v) is 15.4. The third-order valence-corrected chi connectivity index (χ3v) is 13.0. The Morgan fingerprint density at radius 3 is 2.49 bits per heavy atom. The van der Waals surface area contributed by atoms with Crippen molar-refractivity contribution in [1.82, 2.24) is 10.3 Å². The van der Waals surface area contributed by atoms with E-state index in [9.17, 15) is 9.59 Å². The molecule has 6 rings (SSSR count). The Morgan fingerprint density at radius 1 is 0.894 bits per heavy atom. The topological polar surface area (TPSA) is 77.5 Å². The number of fused-ring (bicyclic) bond motifs is 4. The van der Waals surface area contributed by atoms with Crippen LogP contribution in [0.25, 0.3) is 41.5 Å². The molecule has 2 heterocycles. The molecule has 0 aliphatic carbocycles. The van der Waals surface area contributed by atoms with Crippen molar-refractivity contribution in [3.05, 3.63) is 104 Å². The number of alkyl carbamates (subject to hydrolysis) is 1. The molecule has 4 aromatic carbocycles. The van der Waals surface area contributed by atoms with Gasteiger partial charge in [-0.1, -0.05) is 85.9 Å². The highest BCUT2D eigenvalue weighted by molar-refractivity contribution is 8.01. The monoisotopic (exact) mass is 698 g/mol. The molecule has 240 valence electrons. The van der Waals surface area contributed by atoms with E-state index in [-0.39, 0.29) is 25.2 Å². The van der Waals surface area contributed by atoms with Gasteiger partial charge in [-0.15, -0.1) is 34.4 Å². The number of thiophene rings is 1. The minimum absolute atomic E-state index is 0.0493. The van der Waals surface area contributed by atoms with Crippen LogP contribution in [-0.2, 0) is 14.3 Å². The molecule has 1 atom stereocenters. The Labute approximate surface area is 290 Å². The van der Waals surface area contributed by atoms with Gasteiger partial charge >= 0.3 is 12.1 Å². The van der Waals surface area contributed by atoms with Crippen molar-refractivity contribution in [3.63, 3.8) is 0 Å². The van der Waals surface area contributed by atoms with Gasteiger partial charge in [0.25, 0.3) is 0 Å². The van der Waals surface area contributed by atoms with Crippen LogP contribution in [0.1, 0.15) is 13.3 Å². The molecule has 0 saturated heterocycles. The highest BCUT2D eigenvalue weighted by Gasteiger charge is 2.31. The van der Waals surface area contributed by atoms with Gasteiger partial charge in [0.05, 0.1) is 16.8 Å². The highest BCUT2D eigenvalue weighted by Crippen LogP contribution is 2.42. The Bertz CT molecular complexity index is 2000. The van der Waals surface area contributed by atoms with E-state index in [4.69, 9.17) is 14.5 Å². The molecule has 2 aromatic heterocycles. The minimum atomic E-state index is -0.536. The SMILES string of the molecule is C=CC(=O)OCCNC(=O)OCC(CC)(CSc1cccc(-c2cccc3c2sc2ccccc23)c1)CSc1nc2ccccc2s1. The van der Waals surface area contributed by atoms with Crippen LogP contribution in [0.5, 0.6) is 0 Å². The predicted molar refractivity (Wildman–Crippen MR) is 199 cm³/mol. The molecule has 6 nitrogen and oxygen atoms in total. The third-order valence-electron chi connectivity index (χ3n) is 7.91. The van der Waals surface area contributed by atoms with Gasteiger partial charge in [-0.2, -0.15) is 0 Å². The molecule has 0 saturated carbocycles. The first kappa shape index (κ1) is 33.1. The molecule has 1 N–H and O–H groups in total. The predicted octanol–water partition coefficient (Wildman–Crippen LogP) is 10.1. The minimum Gasteiger partial charge on any atom is -0.461 e. The summed E-state index contributed by atoms with van der Waals surface area (Å²) in [7, 11) is 0. The molecule has 1 amide bonds. The number of carbonyl (C=O) groups excluding carboxylic acids is 2. The van der Waals surface area contributed by atoms with E-state index in [1.54, 1.807) is 34.9 Å². The lowest BCUT2D eigenvalue weighted by Gasteiger charge is -2.31. The maximum atomic E-state index is 12.6. The molecule has 6 aromatic rings. The Kier molecular flexibility index (Phi) is 10.8. The maximum Gasteiger partial charge on any atom is 0.407 e. The number of nitrogens with zero attached hydrogens (tertiary/aromatic N) is 1. The number of esters is 1. The molecule has 0 aliphatic heterocycles. The summed E-state index contributed by atoms with van der Waals surface area (Å²) in [6.07, 6.45) is 1.36. The van der Waals surface area contributed by atoms with E-state index in [1.807, 2.05) is 29.5 Å². The Hall–Kier alpha value is -3.83. The van der Waals surface area contributed by atoms with Gasteiger partial charge in [-0.25, -0.2) is 14.6 Å². The number of aromatic nitrogens is 1. The molecule has 0 bridgehead atoms. The van der Waals surface area contributed by atoms with Crippen LogP contribution in [0.2, 0.25) is 0 Å². The standard InChI is InChI=1S/C37H34N2O4S4/c1-3-33(40)42-20-19-38-35(41)43-22-37(4-2,24-45-36-39-30-16-6-8-18-32(30)47-36)23-44-26-12-9-11-25(21-26)27-14-10-15-29-28-13-5-7-17-31(28)46-34(27)29/h3,5-18,21H,1,4,19-20,22-24H2,2H3,(H,38,41). The van der Waals surface area contributed by atoms with Crippen molar-refractivity contribution < 1.29 is 19.1 Å². The Morgan fingerprint density at radius 2 is 1.66 bits per heavy atom. The summed E-state index contributed by atoms with van der Waals surface area (Å²) >= 11 is 7.02. The number of para-hydroxylation sites is 1. The molecule has 47 heavy (non-hydrogen) atoms.